The molecule has 0 saturated carbocycles. The number of nitrogens with two attached hydrogens (primary N) is 1. The van der Waals surface area contributed by atoms with Crippen molar-refractivity contribution in [1.82, 2.24) is 29.7 Å². The van der Waals surface area contributed by atoms with Crippen LogP contribution in [0.3, 0.4) is 0 Å². The van der Waals surface area contributed by atoms with Crippen LogP contribution in [0.5, 0.6) is 5.88 Å². The lowest BCUT2D eigenvalue weighted by atomic mass is 9.99. The van der Waals surface area contributed by atoms with Crippen molar-refractivity contribution in [2.24, 2.45) is 10.8 Å². The third kappa shape index (κ3) is 10.1. The van der Waals surface area contributed by atoms with Crippen molar-refractivity contribution in [1.29, 1.82) is 0 Å². The largest absolute Gasteiger partial charge is 0.479 e. The lowest BCUT2D eigenvalue weighted by Gasteiger charge is -2.25. The normalized spacial score (nSPS) is 21.2. The van der Waals surface area contributed by atoms with E-state index in [9.17, 15) is 19.3 Å². The van der Waals surface area contributed by atoms with Crippen LogP contribution in [0.1, 0.15) is 61.1 Å². The van der Waals surface area contributed by atoms with E-state index in [0.717, 1.165) is 0 Å². The minimum atomic E-state index is -4.02. The van der Waals surface area contributed by atoms with Crippen LogP contribution in [0, 0.1) is 10.8 Å². The molecule has 0 spiro atoms. The number of nitrogens with one attached hydrogen (secondary N) is 2. The fraction of sp³-hybridized carbons (Fsp3) is 0.731. The van der Waals surface area contributed by atoms with Gasteiger partial charge in [0.15, 0.2) is 17.4 Å². The lowest BCUT2D eigenvalue weighted by molar-refractivity contribution is -0.145. The van der Waals surface area contributed by atoms with Crippen LogP contribution in [0.2, 0.25) is 0 Å². The van der Waals surface area contributed by atoms with Crippen LogP contribution in [0.4, 0.5) is 5.95 Å². The molecule has 1 aliphatic heterocycles. The first kappa shape index (κ1) is 34.6. The number of nitrogen functional groups attached to an aromatic ring is 1. The topological polar surface area (TPSA) is 211 Å². The summed E-state index contributed by atoms with van der Waals surface area (Å²) in [6, 6.07) is 0. The number of nitrogens with zero attached hydrogens (tertiary/aromatic N) is 4. The van der Waals surface area contributed by atoms with Gasteiger partial charge in [0.1, 0.15) is 18.7 Å². The van der Waals surface area contributed by atoms with Gasteiger partial charge in [-0.1, -0.05) is 41.5 Å². The van der Waals surface area contributed by atoms with Crippen LogP contribution in [0.25, 0.3) is 11.2 Å². The average molecular weight is 630 g/mol. The second-order valence-corrected chi connectivity index (χ2v) is 15.0. The molecule has 0 bridgehead atoms. The number of carbonyl (C=O) groups is 2. The van der Waals surface area contributed by atoms with Gasteiger partial charge < -0.3 is 34.3 Å². The lowest BCUT2D eigenvalue weighted by Crippen LogP contribution is -2.35. The Labute approximate surface area is 250 Å². The van der Waals surface area contributed by atoms with Crippen molar-refractivity contribution in [3.05, 3.63) is 6.33 Å². The molecule has 3 heterocycles. The molecule has 1 saturated heterocycles. The number of hydrogen-bond donors (Lipinski definition) is 4. The number of rotatable bonds is 13. The van der Waals surface area contributed by atoms with Gasteiger partial charge in [-0.2, -0.15) is 9.97 Å². The van der Waals surface area contributed by atoms with Crippen molar-refractivity contribution < 1.29 is 42.7 Å². The van der Waals surface area contributed by atoms with Crippen LogP contribution in [-0.4, -0.2) is 88.3 Å². The summed E-state index contributed by atoms with van der Waals surface area (Å²) in [6.07, 6.45) is -0.221. The fourth-order valence-corrected chi connectivity index (χ4v) is 5.34. The van der Waals surface area contributed by atoms with E-state index in [0.29, 0.717) is 5.52 Å². The third-order valence-corrected chi connectivity index (χ3v) is 7.65. The van der Waals surface area contributed by atoms with Crippen LogP contribution < -0.4 is 20.6 Å². The zero-order valence-corrected chi connectivity index (χ0v) is 26.9. The summed E-state index contributed by atoms with van der Waals surface area (Å²) in [5.74, 6) is -1.19. The molecule has 16 nitrogen and oxygen atoms in total. The predicted molar refractivity (Wildman–Crippen MR) is 156 cm³/mol. The maximum atomic E-state index is 13.7. The van der Waals surface area contributed by atoms with Gasteiger partial charge in [0.25, 0.3) is 0 Å². The zero-order valence-electron chi connectivity index (χ0n) is 26.0. The third-order valence-electron chi connectivity index (χ3n) is 5.98. The van der Waals surface area contributed by atoms with Gasteiger partial charge in [-0.25, -0.2) is 15.2 Å². The van der Waals surface area contributed by atoms with Gasteiger partial charge in [0.05, 0.1) is 39.4 Å². The first-order valence-corrected chi connectivity index (χ1v) is 15.4. The molecule has 17 heteroatoms. The zero-order chi connectivity index (χ0) is 32.2. The minimum absolute atomic E-state index is 0.0521. The molecule has 0 amide bonds. The van der Waals surface area contributed by atoms with E-state index in [4.69, 9.17) is 29.2 Å². The molecule has 0 aliphatic carbocycles. The van der Waals surface area contributed by atoms with Crippen LogP contribution in [0.15, 0.2) is 6.33 Å². The first-order chi connectivity index (χ1) is 19.8. The monoisotopic (exact) mass is 629 g/mol. The van der Waals surface area contributed by atoms with Crippen molar-refractivity contribution >= 4 is 36.7 Å². The van der Waals surface area contributed by atoms with E-state index in [1.165, 1.54) is 18.0 Å². The molecule has 242 valence electrons. The maximum absolute atomic E-state index is 13.7. The van der Waals surface area contributed by atoms with E-state index in [1.54, 1.807) is 6.92 Å². The highest BCUT2D eigenvalue weighted by atomic mass is 31.2. The Hall–Kier alpha value is -2.88. The number of anilines is 1. The van der Waals surface area contributed by atoms with Gasteiger partial charge in [0.2, 0.25) is 11.8 Å². The molecular weight excluding hydrogens is 585 g/mol. The number of imidazole rings is 1. The summed E-state index contributed by atoms with van der Waals surface area (Å²) in [4.78, 5) is 37.1. The SMILES string of the molecule is COc1nc(N)nc2c1ncn2C1OC(COP(=O)(NCC(=O)OCC(C)(C)C)NCC(=O)OCC(C)(C)C)CC1(C)O. The average Bonchev–Trinajstić information content (AvgIpc) is 3.45. The number of ether oxygens (including phenoxy) is 4. The standard InChI is InChI=1S/C26H44N7O9P/c1-24(2,3)13-39-17(34)10-29-43(37,30-11-18(35)40-14-25(4,5)6)41-12-16-9-26(7,36)22(42-16)33-15-28-19-20(33)31-23(27)32-21(19)38-8/h15-16,22,36H,9-14H2,1-8H3,(H2,27,31,32)(H2,29,30,37). The van der Waals surface area contributed by atoms with Gasteiger partial charge >= 0.3 is 19.6 Å². The van der Waals surface area contributed by atoms with E-state index >= 15 is 0 Å². The quantitative estimate of drug-likeness (QED) is 0.184. The van der Waals surface area contributed by atoms with E-state index in [2.05, 4.69) is 25.1 Å². The molecule has 3 rings (SSSR count). The Bertz CT molecular complexity index is 1300. The summed E-state index contributed by atoms with van der Waals surface area (Å²) >= 11 is 0. The minimum Gasteiger partial charge on any atom is -0.479 e. The van der Waals surface area contributed by atoms with E-state index in [1.807, 2.05) is 41.5 Å². The van der Waals surface area contributed by atoms with E-state index < -0.39 is 50.6 Å². The molecule has 43 heavy (non-hydrogen) atoms. The number of methoxy groups -OCH3 is 1. The van der Waals surface area contributed by atoms with Gasteiger partial charge in [-0.3, -0.25) is 18.7 Å². The van der Waals surface area contributed by atoms with Crippen molar-refractivity contribution in [3.8, 4) is 5.88 Å². The summed E-state index contributed by atoms with van der Waals surface area (Å²) in [5, 5.41) is 16.3. The number of carbonyl (C=O) groups excluding carboxylic acids is 2. The first-order valence-electron chi connectivity index (χ1n) is 13.8. The van der Waals surface area contributed by atoms with Crippen molar-refractivity contribution in [2.45, 2.75) is 72.8 Å². The smallest absolute Gasteiger partial charge is 0.341 e. The highest BCUT2D eigenvalue weighted by Crippen LogP contribution is 2.43. The molecule has 2 aromatic heterocycles. The molecule has 2 aromatic rings. The fourth-order valence-electron chi connectivity index (χ4n) is 3.99. The Kier molecular flexibility index (Phi) is 10.8. The summed E-state index contributed by atoms with van der Waals surface area (Å²) in [5.41, 5.74) is 4.48. The number of aromatic nitrogens is 4. The van der Waals surface area contributed by atoms with Gasteiger partial charge in [-0.05, 0) is 17.8 Å². The van der Waals surface area contributed by atoms with Gasteiger partial charge in [0, 0.05) is 6.42 Å². The number of hydrogen-bond acceptors (Lipinski definition) is 13. The van der Waals surface area contributed by atoms with Crippen LogP contribution in [-0.2, 0) is 32.9 Å². The summed E-state index contributed by atoms with van der Waals surface area (Å²) < 4.78 is 42.7. The van der Waals surface area contributed by atoms with E-state index in [-0.39, 0.29) is 54.5 Å². The molecule has 1 aliphatic rings. The Balaban J connectivity index is 1.70. The molecule has 0 aromatic carbocycles. The number of fused-ring (bicyclic) bond motifs is 1. The maximum Gasteiger partial charge on any atom is 0.341 e. The van der Waals surface area contributed by atoms with Crippen molar-refractivity contribution in [2.75, 3.05) is 45.8 Å². The Morgan fingerprint density at radius 2 is 1.67 bits per heavy atom. The molecule has 0 radical (unpaired) electrons. The Morgan fingerprint density at radius 1 is 1.12 bits per heavy atom. The summed E-state index contributed by atoms with van der Waals surface area (Å²) in [7, 11) is -2.60. The van der Waals surface area contributed by atoms with Gasteiger partial charge in [-0.15, -0.1) is 0 Å². The van der Waals surface area contributed by atoms with Crippen LogP contribution >= 0.6 is 7.67 Å². The second kappa shape index (κ2) is 13.4. The second-order valence-electron chi connectivity index (χ2n) is 13.0. The van der Waals surface area contributed by atoms with Crippen molar-refractivity contribution in [3.63, 3.8) is 0 Å². The molecule has 1 fully saturated rings. The molecular formula is C26H44N7O9P. The Morgan fingerprint density at radius 3 is 2.19 bits per heavy atom. The summed E-state index contributed by atoms with van der Waals surface area (Å²) in [6.45, 7) is 12.1. The number of esters is 2. The molecule has 5 N–H and O–H groups in total. The highest BCUT2D eigenvalue weighted by molar-refractivity contribution is 7.54. The number of aliphatic hydroxyl groups is 1. The highest BCUT2D eigenvalue weighted by Gasteiger charge is 2.46. The molecule has 3 unspecified atom stereocenters. The predicted octanol–water partition coefficient (Wildman–Crippen LogP) is 1.94. The molecule has 3 atom stereocenters.